The van der Waals surface area contributed by atoms with E-state index in [-0.39, 0.29) is 29.4 Å². The molecule has 0 N–H and O–H groups in total. The molecule has 1 amide bonds. The number of amides is 1. The number of allylic oxidation sites excluding steroid dienone is 2. The van der Waals surface area contributed by atoms with Crippen molar-refractivity contribution in [3.8, 4) is 11.5 Å². The molecule has 2 aromatic carbocycles. The van der Waals surface area contributed by atoms with Gasteiger partial charge in [0.05, 0.1) is 24.9 Å². The van der Waals surface area contributed by atoms with Crippen molar-refractivity contribution in [1.82, 2.24) is 0 Å². The first-order valence-electron chi connectivity index (χ1n) is 10.3. The fourth-order valence-corrected chi connectivity index (χ4v) is 4.90. The molecule has 0 saturated heterocycles. The Hall–Kier alpha value is -2.79. The van der Waals surface area contributed by atoms with Crippen molar-refractivity contribution in [3.05, 3.63) is 64.3 Å². The Bertz CT molecular complexity index is 1090. The van der Waals surface area contributed by atoms with Gasteiger partial charge in [-0.05, 0) is 41.7 Å². The minimum absolute atomic E-state index is 0.0721. The van der Waals surface area contributed by atoms with Gasteiger partial charge in [-0.3, -0.25) is 14.5 Å². The normalized spacial score (nSPS) is 20.5. The topological polar surface area (TPSA) is 55.8 Å². The van der Waals surface area contributed by atoms with Gasteiger partial charge in [0.1, 0.15) is 0 Å². The summed E-state index contributed by atoms with van der Waals surface area (Å²) in [6.45, 7) is 4.12. The van der Waals surface area contributed by atoms with E-state index < -0.39 is 0 Å². The van der Waals surface area contributed by atoms with Crippen LogP contribution in [0.4, 0.5) is 5.69 Å². The van der Waals surface area contributed by atoms with Crippen LogP contribution in [0.1, 0.15) is 44.6 Å². The molecule has 0 spiro atoms. The van der Waals surface area contributed by atoms with E-state index in [9.17, 15) is 9.59 Å². The lowest BCUT2D eigenvalue weighted by Crippen LogP contribution is -2.43. The van der Waals surface area contributed by atoms with Crippen LogP contribution in [0.15, 0.2) is 53.7 Å². The summed E-state index contributed by atoms with van der Waals surface area (Å²) < 4.78 is 10.8. The third kappa shape index (κ3) is 3.83. The number of anilines is 1. The third-order valence-electron chi connectivity index (χ3n) is 6.05. The summed E-state index contributed by atoms with van der Waals surface area (Å²) in [6.07, 6.45) is 1.25. The molecule has 5 nitrogen and oxygen atoms in total. The predicted molar refractivity (Wildman–Crippen MR) is 121 cm³/mol. The summed E-state index contributed by atoms with van der Waals surface area (Å²) >= 11 is 6.46. The Kier molecular flexibility index (Phi) is 5.56. The van der Waals surface area contributed by atoms with Crippen LogP contribution in [0, 0.1) is 5.41 Å². The van der Waals surface area contributed by atoms with Gasteiger partial charge in [0, 0.05) is 30.0 Å². The molecular weight excluding hydrogens is 414 g/mol. The van der Waals surface area contributed by atoms with Gasteiger partial charge in [-0.2, -0.15) is 0 Å². The first-order valence-corrected chi connectivity index (χ1v) is 10.7. The molecule has 0 aromatic heterocycles. The van der Waals surface area contributed by atoms with Crippen LogP contribution in [-0.2, 0) is 9.59 Å². The second-order valence-corrected chi connectivity index (χ2v) is 9.26. The van der Waals surface area contributed by atoms with Crippen molar-refractivity contribution >= 4 is 29.0 Å². The van der Waals surface area contributed by atoms with E-state index >= 15 is 0 Å². The van der Waals surface area contributed by atoms with Gasteiger partial charge in [-0.1, -0.05) is 43.6 Å². The number of hydrogen-bond acceptors (Lipinski definition) is 4. The van der Waals surface area contributed by atoms with Crippen LogP contribution < -0.4 is 14.4 Å². The quantitative estimate of drug-likeness (QED) is 0.629. The lowest BCUT2D eigenvalue weighted by Gasteiger charge is -2.43. The minimum Gasteiger partial charge on any atom is -0.493 e. The molecule has 6 heteroatoms. The van der Waals surface area contributed by atoms with E-state index in [1.54, 1.807) is 25.2 Å². The predicted octanol–water partition coefficient (Wildman–Crippen LogP) is 5.52. The van der Waals surface area contributed by atoms with Gasteiger partial charge in [-0.15, -0.1) is 0 Å². The largest absolute Gasteiger partial charge is 0.493 e. The molecular formula is C25H26ClNO4. The van der Waals surface area contributed by atoms with Crippen LogP contribution in [0.5, 0.6) is 11.5 Å². The Morgan fingerprint density at radius 3 is 2.39 bits per heavy atom. The van der Waals surface area contributed by atoms with Gasteiger partial charge in [-0.25, -0.2) is 0 Å². The summed E-state index contributed by atoms with van der Waals surface area (Å²) in [5.74, 6) is 0.862. The maximum Gasteiger partial charge on any atom is 0.232 e. The maximum absolute atomic E-state index is 13.4. The summed E-state index contributed by atoms with van der Waals surface area (Å²) in [5, 5.41) is 0.489. The Morgan fingerprint density at radius 2 is 1.71 bits per heavy atom. The number of carbonyl (C=O) groups is 2. The van der Waals surface area contributed by atoms with Gasteiger partial charge in [0.25, 0.3) is 0 Å². The van der Waals surface area contributed by atoms with Gasteiger partial charge >= 0.3 is 0 Å². The number of hydrogen-bond donors (Lipinski definition) is 0. The zero-order valence-corrected chi connectivity index (χ0v) is 19.0. The molecule has 1 aliphatic carbocycles. The molecule has 1 aliphatic heterocycles. The highest BCUT2D eigenvalue weighted by Gasteiger charge is 2.44. The van der Waals surface area contributed by atoms with Crippen LogP contribution in [0.25, 0.3) is 0 Å². The second-order valence-electron chi connectivity index (χ2n) is 8.85. The summed E-state index contributed by atoms with van der Waals surface area (Å²) in [5.41, 5.74) is 2.70. The zero-order chi connectivity index (χ0) is 22.3. The molecule has 0 bridgehead atoms. The number of ketones is 1. The fourth-order valence-electron chi connectivity index (χ4n) is 4.68. The van der Waals surface area contributed by atoms with E-state index in [1.165, 1.54) is 0 Å². The highest BCUT2D eigenvalue weighted by atomic mass is 35.5. The Morgan fingerprint density at radius 1 is 1.00 bits per heavy atom. The number of halogens is 1. The second kappa shape index (κ2) is 8.04. The van der Waals surface area contributed by atoms with Crippen molar-refractivity contribution in [1.29, 1.82) is 0 Å². The van der Waals surface area contributed by atoms with E-state index in [0.717, 1.165) is 11.3 Å². The lowest BCUT2D eigenvalue weighted by atomic mass is 9.69. The standard InChI is InChI=1S/C25H26ClNO4/c1-25(2)13-19-24(20(28)14-25)16(15-9-10-21(30-3)22(11-15)31-4)12-23(29)27(19)18-8-6-5-7-17(18)26/h5-11,16H,12-14H2,1-4H3. The third-order valence-corrected chi connectivity index (χ3v) is 6.37. The number of nitrogens with zero attached hydrogens (tertiary/aromatic N) is 1. The average molecular weight is 440 g/mol. The van der Waals surface area contributed by atoms with E-state index in [0.29, 0.717) is 40.6 Å². The minimum atomic E-state index is -0.329. The zero-order valence-electron chi connectivity index (χ0n) is 18.2. The van der Waals surface area contributed by atoms with Crippen molar-refractivity contribution in [2.24, 2.45) is 5.41 Å². The molecule has 0 saturated carbocycles. The summed E-state index contributed by atoms with van der Waals surface area (Å²) in [6, 6.07) is 12.9. The monoisotopic (exact) mass is 439 g/mol. The van der Waals surface area contributed by atoms with Gasteiger partial charge in [0.15, 0.2) is 17.3 Å². The molecule has 2 aromatic rings. The number of ether oxygens (including phenoxy) is 2. The van der Waals surface area contributed by atoms with E-state index in [2.05, 4.69) is 13.8 Å². The SMILES string of the molecule is COc1ccc(C2CC(=O)N(c3ccccc3Cl)C3=C2C(=O)CC(C)(C)C3)cc1OC. The Labute approximate surface area is 187 Å². The highest BCUT2D eigenvalue weighted by Crippen LogP contribution is 2.49. The molecule has 1 atom stereocenters. The van der Waals surface area contributed by atoms with Crippen LogP contribution in [0.3, 0.4) is 0 Å². The lowest BCUT2D eigenvalue weighted by molar-refractivity contribution is -0.121. The molecule has 0 radical (unpaired) electrons. The number of rotatable bonds is 4. The smallest absolute Gasteiger partial charge is 0.232 e. The van der Waals surface area contributed by atoms with E-state index in [1.807, 2.05) is 36.4 Å². The molecule has 1 unspecified atom stereocenters. The number of carbonyl (C=O) groups excluding carboxylic acids is 2. The van der Waals surface area contributed by atoms with Crippen molar-refractivity contribution in [2.45, 2.75) is 39.0 Å². The maximum atomic E-state index is 13.4. The van der Waals surface area contributed by atoms with Gasteiger partial charge < -0.3 is 9.47 Å². The summed E-state index contributed by atoms with van der Waals surface area (Å²) in [7, 11) is 3.16. The number of methoxy groups -OCH3 is 2. The van der Waals surface area contributed by atoms with Crippen molar-refractivity contribution < 1.29 is 19.1 Å². The number of Topliss-reactive ketones (excluding diaryl/α,β-unsaturated/α-hetero) is 1. The first kappa shape index (κ1) is 21.4. The number of para-hydroxylation sites is 1. The fraction of sp³-hybridized carbons (Fsp3) is 0.360. The average Bonchev–Trinajstić information content (AvgIpc) is 2.72. The molecule has 162 valence electrons. The molecule has 0 fully saturated rings. The van der Waals surface area contributed by atoms with Gasteiger partial charge in [0.2, 0.25) is 5.91 Å². The van der Waals surface area contributed by atoms with Crippen LogP contribution >= 0.6 is 11.6 Å². The number of benzene rings is 2. The molecule has 4 rings (SSSR count). The summed E-state index contributed by atoms with van der Waals surface area (Å²) in [4.78, 5) is 28.5. The van der Waals surface area contributed by atoms with Crippen LogP contribution in [-0.4, -0.2) is 25.9 Å². The molecule has 2 aliphatic rings. The molecule has 1 heterocycles. The van der Waals surface area contributed by atoms with Crippen molar-refractivity contribution in [2.75, 3.05) is 19.1 Å². The Balaban J connectivity index is 1.90. The molecule has 31 heavy (non-hydrogen) atoms. The van der Waals surface area contributed by atoms with Crippen molar-refractivity contribution in [3.63, 3.8) is 0 Å². The van der Waals surface area contributed by atoms with E-state index in [4.69, 9.17) is 21.1 Å². The first-order chi connectivity index (χ1) is 14.8. The van der Waals surface area contributed by atoms with Crippen LogP contribution in [0.2, 0.25) is 5.02 Å². The highest BCUT2D eigenvalue weighted by molar-refractivity contribution is 6.34.